The third-order valence-corrected chi connectivity index (χ3v) is 11.2. The molecule has 1 aliphatic rings. The normalized spacial score (nSPS) is 17.6. The molecule has 252 valence electrons. The smallest absolute Gasteiger partial charge is 0.253 e. The number of amides is 1. The maximum Gasteiger partial charge on any atom is 0.253 e. The van der Waals surface area contributed by atoms with E-state index in [9.17, 15) is 13.9 Å². The molecule has 2 aromatic carbocycles. The molecule has 0 aliphatic carbocycles. The van der Waals surface area contributed by atoms with E-state index in [-0.39, 0.29) is 35.2 Å². The third-order valence-electron chi connectivity index (χ3n) is 9.26. The Hall–Kier alpha value is -4.36. The summed E-state index contributed by atoms with van der Waals surface area (Å²) < 4.78 is 33.0. The standard InChI is InChI=1S/C36H43N7O4S/c1-7-28-22-42(48(45,46)31-12-10-18-38-35(31)47-28)21-27-19-25(14-13-23(27)3)32(36(5,6)39-34(44)26-11-9-17-37-20-26)29-15-16-30-33(24(29)4)40-41-43(30)8-2/h9-20,28,32,45-46H,7-8,21-22H2,1-6H3,(H,39,44)/t28?,32-/m0/s1. The molecule has 0 spiro atoms. The Labute approximate surface area is 282 Å². The van der Waals surface area contributed by atoms with Crippen molar-refractivity contribution >= 4 is 27.7 Å². The van der Waals surface area contributed by atoms with Crippen LogP contribution < -0.4 is 10.1 Å². The molecule has 0 saturated carbocycles. The highest BCUT2D eigenvalue weighted by molar-refractivity contribution is 8.22. The summed E-state index contributed by atoms with van der Waals surface area (Å²) in [5.41, 5.74) is 6.36. The van der Waals surface area contributed by atoms with Gasteiger partial charge in [0.1, 0.15) is 16.5 Å². The van der Waals surface area contributed by atoms with Gasteiger partial charge in [-0.1, -0.05) is 36.4 Å². The molecule has 4 heterocycles. The number of carbonyl (C=O) groups excluding carboxylic acids is 1. The first kappa shape index (κ1) is 33.5. The number of hydrogen-bond donors (Lipinski definition) is 3. The Bertz CT molecular complexity index is 1950. The van der Waals surface area contributed by atoms with Gasteiger partial charge in [0, 0.05) is 43.1 Å². The van der Waals surface area contributed by atoms with Gasteiger partial charge in [0.05, 0.1) is 17.6 Å². The highest BCUT2D eigenvalue weighted by Gasteiger charge is 2.38. The predicted molar refractivity (Wildman–Crippen MR) is 187 cm³/mol. The van der Waals surface area contributed by atoms with E-state index in [1.165, 1.54) is 0 Å². The van der Waals surface area contributed by atoms with E-state index in [4.69, 9.17) is 4.74 Å². The molecule has 48 heavy (non-hydrogen) atoms. The number of rotatable bonds is 9. The van der Waals surface area contributed by atoms with Crippen molar-refractivity contribution in [2.75, 3.05) is 6.54 Å². The van der Waals surface area contributed by atoms with Crippen molar-refractivity contribution in [2.45, 2.75) is 83.5 Å². The second kappa shape index (κ2) is 13.3. The zero-order valence-electron chi connectivity index (χ0n) is 28.2. The van der Waals surface area contributed by atoms with E-state index in [1.54, 1.807) is 47.2 Å². The minimum Gasteiger partial charge on any atom is -0.472 e. The van der Waals surface area contributed by atoms with E-state index >= 15 is 0 Å². The fourth-order valence-electron chi connectivity index (χ4n) is 6.58. The van der Waals surface area contributed by atoms with Gasteiger partial charge < -0.3 is 10.1 Å². The molecule has 0 radical (unpaired) electrons. The van der Waals surface area contributed by atoms with Gasteiger partial charge >= 0.3 is 0 Å². The van der Waals surface area contributed by atoms with Crippen LogP contribution in [-0.4, -0.2) is 62.5 Å². The van der Waals surface area contributed by atoms with Crippen molar-refractivity contribution in [3.05, 3.63) is 107 Å². The number of nitrogens with zero attached hydrogens (tertiary/aromatic N) is 6. The quantitative estimate of drug-likeness (QED) is 0.153. The first-order chi connectivity index (χ1) is 22.9. The lowest BCUT2D eigenvalue weighted by atomic mass is 9.74. The molecule has 0 saturated heterocycles. The first-order valence-electron chi connectivity index (χ1n) is 16.2. The average Bonchev–Trinajstić information content (AvgIpc) is 3.46. The molecule has 3 N–H and O–H groups in total. The topological polar surface area (TPSA) is 139 Å². The van der Waals surface area contributed by atoms with E-state index in [0.717, 1.165) is 38.9 Å². The van der Waals surface area contributed by atoms with Crippen molar-refractivity contribution in [3.63, 3.8) is 0 Å². The Morgan fingerprint density at radius 2 is 1.90 bits per heavy atom. The predicted octanol–water partition coefficient (Wildman–Crippen LogP) is 6.90. The summed E-state index contributed by atoms with van der Waals surface area (Å²) >= 11 is 0. The van der Waals surface area contributed by atoms with Gasteiger partial charge in [-0.3, -0.25) is 18.9 Å². The minimum absolute atomic E-state index is 0.225. The van der Waals surface area contributed by atoms with Crippen LogP contribution in [0.1, 0.15) is 78.2 Å². The van der Waals surface area contributed by atoms with Gasteiger partial charge in [0.2, 0.25) is 5.88 Å². The molecule has 11 nitrogen and oxygen atoms in total. The average molecular weight is 670 g/mol. The molecule has 2 atom stereocenters. The molecule has 3 aromatic heterocycles. The maximum atomic E-state index is 13.6. The van der Waals surface area contributed by atoms with Gasteiger partial charge in [0.15, 0.2) is 0 Å². The highest BCUT2D eigenvalue weighted by atomic mass is 32.3. The fourth-order valence-corrected chi connectivity index (χ4v) is 8.15. The molecule has 0 fully saturated rings. The molecule has 12 heteroatoms. The van der Waals surface area contributed by atoms with Gasteiger partial charge in [-0.25, -0.2) is 9.67 Å². The molecule has 0 bridgehead atoms. The highest BCUT2D eigenvalue weighted by Crippen LogP contribution is 2.57. The zero-order chi connectivity index (χ0) is 34.2. The lowest BCUT2D eigenvalue weighted by molar-refractivity contribution is 0.0905. The molecular formula is C36H43N7O4S. The van der Waals surface area contributed by atoms with Crippen LogP contribution >= 0.6 is 10.8 Å². The van der Waals surface area contributed by atoms with Crippen LogP contribution in [0.2, 0.25) is 0 Å². The van der Waals surface area contributed by atoms with Crippen molar-refractivity contribution < 1.29 is 18.6 Å². The number of ether oxygens (including phenoxy) is 1. The van der Waals surface area contributed by atoms with Crippen LogP contribution in [-0.2, 0) is 13.1 Å². The molecule has 6 rings (SSSR count). The van der Waals surface area contributed by atoms with Crippen LogP contribution in [0.15, 0.2) is 78.1 Å². The molecule has 1 aliphatic heterocycles. The number of nitrogens with one attached hydrogen (secondary N) is 1. The second-order valence-corrected chi connectivity index (χ2v) is 14.9. The summed E-state index contributed by atoms with van der Waals surface area (Å²) in [6.45, 7) is 13.5. The molecule has 1 unspecified atom stereocenters. The maximum absolute atomic E-state index is 13.6. The van der Waals surface area contributed by atoms with Crippen LogP contribution in [0.25, 0.3) is 11.0 Å². The number of hydrogen-bond acceptors (Lipinski definition) is 9. The van der Waals surface area contributed by atoms with Gasteiger partial charge in [-0.05, 0) is 99.2 Å². The van der Waals surface area contributed by atoms with E-state index in [1.807, 2.05) is 45.4 Å². The molecular weight excluding hydrogens is 627 g/mol. The van der Waals surface area contributed by atoms with E-state index in [0.29, 0.717) is 25.1 Å². The summed E-state index contributed by atoms with van der Waals surface area (Å²) in [5, 5.41) is 12.2. The number of benzene rings is 2. The SMILES string of the molecule is CCC1CN(Cc2cc([C@@H](c3ccc4c(nnn4CC)c3C)C(C)(C)NC(=O)c3cccnc3)ccc2C)S(O)(O)c2cccnc2O1. The van der Waals surface area contributed by atoms with Crippen LogP contribution in [0, 0.1) is 13.8 Å². The Morgan fingerprint density at radius 3 is 2.62 bits per heavy atom. The largest absolute Gasteiger partial charge is 0.472 e. The summed E-state index contributed by atoms with van der Waals surface area (Å²) in [7, 11) is -3.40. The fraction of sp³-hybridized carbons (Fsp3) is 0.361. The molecule has 5 aromatic rings. The van der Waals surface area contributed by atoms with Crippen LogP contribution in [0.3, 0.4) is 0 Å². The third kappa shape index (κ3) is 6.28. The summed E-state index contributed by atoms with van der Waals surface area (Å²) in [4.78, 5) is 22.3. The Kier molecular flexibility index (Phi) is 9.27. The van der Waals surface area contributed by atoms with Crippen LogP contribution in [0.5, 0.6) is 5.88 Å². The minimum atomic E-state index is -3.40. The molecule has 1 amide bonds. The summed E-state index contributed by atoms with van der Waals surface area (Å²) in [5.74, 6) is -0.276. The zero-order valence-corrected chi connectivity index (χ0v) is 29.0. The Balaban J connectivity index is 1.44. The number of pyridine rings is 2. The van der Waals surface area contributed by atoms with Gasteiger partial charge in [0.25, 0.3) is 5.91 Å². The number of carbonyl (C=O) groups is 1. The van der Waals surface area contributed by atoms with E-state index in [2.05, 4.69) is 56.8 Å². The lowest BCUT2D eigenvalue weighted by Gasteiger charge is -2.42. The first-order valence-corrected chi connectivity index (χ1v) is 17.7. The van der Waals surface area contributed by atoms with Crippen molar-refractivity contribution in [2.24, 2.45) is 0 Å². The number of aryl methyl sites for hydroxylation is 3. The monoisotopic (exact) mass is 669 g/mol. The number of aromatic nitrogens is 5. The van der Waals surface area contributed by atoms with Crippen LogP contribution in [0.4, 0.5) is 0 Å². The number of fused-ring (bicyclic) bond motifs is 2. The van der Waals surface area contributed by atoms with Crippen molar-refractivity contribution in [1.82, 2.24) is 34.6 Å². The summed E-state index contributed by atoms with van der Waals surface area (Å²) in [6, 6.07) is 17.3. The second-order valence-electron chi connectivity index (χ2n) is 12.9. The Morgan fingerprint density at radius 1 is 1.10 bits per heavy atom. The van der Waals surface area contributed by atoms with E-state index < -0.39 is 16.3 Å². The van der Waals surface area contributed by atoms with Gasteiger partial charge in [-0.15, -0.1) is 15.9 Å². The summed E-state index contributed by atoms with van der Waals surface area (Å²) in [6.07, 6.45) is 5.21. The van der Waals surface area contributed by atoms with Crippen molar-refractivity contribution in [3.8, 4) is 5.88 Å². The lowest BCUT2D eigenvalue weighted by Crippen LogP contribution is -2.48. The van der Waals surface area contributed by atoms with Crippen molar-refractivity contribution in [1.29, 1.82) is 0 Å². The van der Waals surface area contributed by atoms with Gasteiger partial charge in [-0.2, -0.15) is 4.31 Å².